The second kappa shape index (κ2) is 6.45. The summed E-state index contributed by atoms with van der Waals surface area (Å²) in [5.41, 5.74) is 0.974. The van der Waals surface area contributed by atoms with Gasteiger partial charge in [-0.1, -0.05) is 6.07 Å². The van der Waals surface area contributed by atoms with Gasteiger partial charge in [0.05, 0.1) is 17.9 Å². The van der Waals surface area contributed by atoms with Crippen LogP contribution >= 0.6 is 0 Å². The largest absolute Gasteiger partial charge is 0.371 e. The number of ether oxygens (including phenoxy) is 1. The number of rotatable bonds is 4. The Morgan fingerprint density at radius 1 is 1.46 bits per heavy atom. The molecule has 4 rings (SSSR count). The molecule has 5 heteroatoms. The Morgan fingerprint density at radius 2 is 2.33 bits per heavy atom. The highest BCUT2D eigenvalue weighted by Gasteiger charge is 2.47. The molecule has 1 aliphatic carbocycles. The van der Waals surface area contributed by atoms with Crippen LogP contribution in [0.3, 0.4) is 0 Å². The summed E-state index contributed by atoms with van der Waals surface area (Å²) in [6.45, 7) is 3.30. The third-order valence-corrected chi connectivity index (χ3v) is 5.73. The molecule has 1 aromatic rings. The highest BCUT2D eigenvalue weighted by Crippen LogP contribution is 2.39. The summed E-state index contributed by atoms with van der Waals surface area (Å²) in [7, 11) is 2.15. The predicted molar refractivity (Wildman–Crippen MR) is 91.3 cm³/mol. The fourth-order valence-corrected chi connectivity index (χ4v) is 4.14. The normalized spacial score (nSPS) is 30.2. The Bertz CT molecular complexity index is 590. The van der Waals surface area contributed by atoms with Crippen molar-refractivity contribution in [2.75, 3.05) is 26.7 Å². The molecule has 0 radical (unpaired) electrons. The molecule has 3 aliphatic rings. The van der Waals surface area contributed by atoms with Crippen LogP contribution in [0.5, 0.6) is 0 Å². The monoisotopic (exact) mass is 329 g/mol. The van der Waals surface area contributed by atoms with Crippen LogP contribution in [-0.2, 0) is 16.1 Å². The minimum absolute atomic E-state index is 0.119. The third-order valence-electron chi connectivity index (χ3n) is 5.73. The zero-order chi connectivity index (χ0) is 16.6. The summed E-state index contributed by atoms with van der Waals surface area (Å²) in [4.78, 5) is 21.2. The number of likely N-dealkylation sites (N-methyl/N-ethyl adjacent to an activating group) is 1. The van der Waals surface area contributed by atoms with E-state index in [9.17, 15) is 4.79 Å². The Hall–Kier alpha value is -1.46. The van der Waals surface area contributed by atoms with E-state index in [-0.39, 0.29) is 5.60 Å². The third kappa shape index (κ3) is 3.33. The maximum atomic E-state index is 12.4. The van der Waals surface area contributed by atoms with Gasteiger partial charge in [0.25, 0.3) is 0 Å². The molecule has 5 nitrogen and oxygen atoms in total. The molecular formula is C19H27N3O2. The van der Waals surface area contributed by atoms with Gasteiger partial charge in [0.1, 0.15) is 0 Å². The van der Waals surface area contributed by atoms with Crippen molar-refractivity contribution in [1.82, 2.24) is 14.8 Å². The van der Waals surface area contributed by atoms with Gasteiger partial charge in [0.2, 0.25) is 5.91 Å². The molecule has 1 spiro atoms. The predicted octanol–water partition coefficient (Wildman–Crippen LogP) is 2.07. The number of hydrogen-bond donors (Lipinski definition) is 0. The summed E-state index contributed by atoms with van der Waals surface area (Å²) < 4.78 is 6.28. The average molecular weight is 329 g/mol. The van der Waals surface area contributed by atoms with Crippen LogP contribution in [0.2, 0.25) is 0 Å². The summed E-state index contributed by atoms with van der Waals surface area (Å²) in [6.07, 6.45) is 7.17. The zero-order valence-electron chi connectivity index (χ0n) is 14.5. The number of amides is 1. The van der Waals surface area contributed by atoms with Crippen LogP contribution in [0.1, 0.15) is 37.8 Å². The van der Waals surface area contributed by atoms with Gasteiger partial charge < -0.3 is 9.64 Å². The zero-order valence-corrected chi connectivity index (χ0v) is 14.5. The number of pyridine rings is 1. The van der Waals surface area contributed by atoms with Gasteiger partial charge in [0, 0.05) is 37.8 Å². The first-order valence-corrected chi connectivity index (χ1v) is 9.18. The lowest BCUT2D eigenvalue weighted by molar-refractivity contribution is -0.140. The first kappa shape index (κ1) is 16.0. The molecule has 1 saturated carbocycles. The van der Waals surface area contributed by atoms with Crippen molar-refractivity contribution < 1.29 is 9.53 Å². The van der Waals surface area contributed by atoms with E-state index in [2.05, 4.69) is 27.9 Å². The highest BCUT2D eigenvalue weighted by molar-refractivity contribution is 5.81. The van der Waals surface area contributed by atoms with Gasteiger partial charge in [-0.15, -0.1) is 0 Å². The van der Waals surface area contributed by atoms with Crippen molar-refractivity contribution in [2.24, 2.45) is 5.92 Å². The molecule has 1 amide bonds. The van der Waals surface area contributed by atoms with E-state index in [1.807, 2.05) is 18.3 Å². The van der Waals surface area contributed by atoms with Gasteiger partial charge in [-0.25, -0.2) is 0 Å². The van der Waals surface area contributed by atoms with E-state index in [1.165, 1.54) is 0 Å². The van der Waals surface area contributed by atoms with Crippen molar-refractivity contribution in [2.45, 2.75) is 50.3 Å². The van der Waals surface area contributed by atoms with Crippen molar-refractivity contribution >= 4 is 5.91 Å². The number of nitrogens with zero attached hydrogens (tertiary/aromatic N) is 3. The number of carbonyl (C=O) groups is 1. The number of carbonyl (C=O) groups excluding carboxylic acids is 1. The van der Waals surface area contributed by atoms with Crippen molar-refractivity contribution in [1.29, 1.82) is 0 Å². The van der Waals surface area contributed by atoms with Gasteiger partial charge in [0.15, 0.2) is 0 Å². The van der Waals surface area contributed by atoms with Crippen molar-refractivity contribution in [3.8, 4) is 0 Å². The molecule has 0 bridgehead atoms. The minimum Gasteiger partial charge on any atom is -0.371 e. The molecule has 3 heterocycles. The first-order valence-electron chi connectivity index (χ1n) is 9.18. The molecule has 24 heavy (non-hydrogen) atoms. The van der Waals surface area contributed by atoms with Gasteiger partial charge in [-0.05, 0) is 51.3 Å². The second-order valence-corrected chi connectivity index (χ2v) is 7.73. The first-order chi connectivity index (χ1) is 11.7. The summed E-state index contributed by atoms with van der Waals surface area (Å²) in [6, 6.07) is 6.46. The molecule has 2 aliphatic heterocycles. The van der Waals surface area contributed by atoms with Gasteiger partial charge >= 0.3 is 0 Å². The van der Waals surface area contributed by atoms with Crippen molar-refractivity contribution in [3.63, 3.8) is 0 Å². The second-order valence-electron chi connectivity index (χ2n) is 7.73. The molecular weight excluding hydrogens is 302 g/mol. The molecule has 2 atom stereocenters. The fourth-order valence-electron chi connectivity index (χ4n) is 4.14. The quantitative estimate of drug-likeness (QED) is 0.848. The molecule has 0 unspecified atom stereocenters. The maximum absolute atomic E-state index is 12.4. The van der Waals surface area contributed by atoms with Crippen molar-refractivity contribution in [3.05, 3.63) is 30.1 Å². The van der Waals surface area contributed by atoms with Crippen LogP contribution < -0.4 is 0 Å². The summed E-state index contributed by atoms with van der Waals surface area (Å²) >= 11 is 0. The van der Waals surface area contributed by atoms with Crippen LogP contribution in [0.15, 0.2) is 24.4 Å². The standard InChI is InChI=1S/C19H27N3O2/c1-21(12-16-5-2-3-9-20-16)17-11-19(24-13-17)8-4-10-22(14-19)18(23)15-6-7-15/h2-3,5,9,15,17H,4,6-8,10-14H2,1H3/t17-,19-/m0/s1. The van der Waals surface area contributed by atoms with Crippen LogP contribution in [0.25, 0.3) is 0 Å². The SMILES string of the molecule is CN(Cc1ccccn1)[C@@H]1CO[C@@]2(CCCN(C(=O)C3CC3)C2)C1. The summed E-state index contributed by atoms with van der Waals surface area (Å²) in [5, 5.41) is 0. The number of likely N-dealkylation sites (tertiary alicyclic amines) is 1. The Labute approximate surface area is 144 Å². The number of hydrogen-bond acceptors (Lipinski definition) is 4. The topological polar surface area (TPSA) is 45.7 Å². The van der Waals surface area contributed by atoms with Crippen LogP contribution in [0, 0.1) is 5.92 Å². The maximum Gasteiger partial charge on any atom is 0.225 e. The number of piperidine rings is 1. The molecule has 0 N–H and O–H groups in total. The van der Waals surface area contributed by atoms with E-state index in [4.69, 9.17) is 4.74 Å². The van der Waals surface area contributed by atoms with E-state index in [1.54, 1.807) is 0 Å². The average Bonchev–Trinajstić information content (AvgIpc) is 3.38. The minimum atomic E-state index is -0.119. The lowest BCUT2D eigenvalue weighted by Gasteiger charge is -2.40. The molecule has 130 valence electrons. The summed E-state index contributed by atoms with van der Waals surface area (Å²) in [5.74, 6) is 0.673. The molecule has 1 aromatic heterocycles. The van der Waals surface area contributed by atoms with Crippen LogP contribution in [0.4, 0.5) is 0 Å². The lowest BCUT2D eigenvalue weighted by atomic mass is 9.88. The molecule has 2 saturated heterocycles. The van der Waals surface area contributed by atoms with Crippen LogP contribution in [-0.4, -0.2) is 59.1 Å². The van der Waals surface area contributed by atoms with E-state index in [0.29, 0.717) is 17.9 Å². The van der Waals surface area contributed by atoms with Gasteiger partial charge in [-0.2, -0.15) is 0 Å². The molecule has 0 aromatic carbocycles. The van der Waals surface area contributed by atoms with E-state index < -0.39 is 0 Å². The van der Waals surface area contributed by atoms with E-state index >= 15 is 0 Å². The van der Waals surface area contributed by atoms with Gasteiger partial charge in [-0.3, -0.25) is 14.7 Å². The number of aromatic nitrogens is 1. The Balaban J connectivity index is 1.37. The smallest absolute Gasteiger partial charge is 0.225 e. The fraction of sp³-hybridized carbons (Fsp3) is 0.684. The van der Waals surface area contributed by atoms with E-state index in [0.717, 1.165) is 64.0 Å². The Kier molecular flexibility index (Phi) is 4.31. The molecule has 3 fully saturated rings. The Morgan fingerprint density at radius 3 is 3.08 bits per heavy atom. The highest BCUT2D eigenvalue weighted by atomic mass is 16.5. The lowest BCUT2D eigenvalue weighted by Crippen LogP contribution is -2.51.